The molecule has 0 spiro atoms. The number of thioether (sulfide) groups is 1. The number of rotatable bonds is 4. The molecule has 154 valence electrons. The Morgan fingerprint density at radius 2 is 1.77 bits per heavy atom. The molecule has 0 aliphatic carbocycles. The molecule has 4 aromatic rings. The van der Waals surface area contributed by atoms with Gasteiger partial charge in [-0.25, -0.2) is 4.98 Å². The Morgan fingerprint density at radius 3 is 2.58 bits per heavy atom. The molecular weight excluding hydrogens is 406 g/mol. The van der Waals surface area contributed by atoms with Crippen LogP contribution in [0.5, 0.6) is 0 Å². The summed E-state index contributed by atoms with van der Waals surface area (Å²) in [5.41, 5.74) is 3.62. The number of carbonyl (C=O) groups excluding carboxylic acids is 1. The number of H-pyrrole nitrogens is 1. The summed E-state index contributed by atoms with van der Waals surface area (Å²) in [7, 11) is 0. The van der Waals surface area contributed by atoms with E-state index in [2.05, 4.69) is 45.6 Å². The van der Waals surface area contributed by atoms with Crippen LogP contribution in [0.2, 0.25) is 0 Å². The first kappa shape index (κ1) is 19.6. The number of fused-ring (bicyclic) bond motifs is 2. The summed E-state index contributed by atoms with van der Waals surface area (Å²) < 4.78 is 0. The fourth-order valence-electron chi connectivity index (χ4n) is 3.96. The number of hydrogen-bond acceptors (Lipinski definition) is 4. The van der Waals surface area contributed by atoms with Gasteiger partial charge in [0.1, 0.15) is 5.82 Å². The van der Waals surface area contributed by atoms with Gasteiger partial charge >= 0.3 is 0 Å². The van der Waals surface area contributed by atoms with Gasteiger partial charge in [0.25, 0.3) is 5.56 Å². The van der Waals surface area contributed by atoms with E-state index in [9.17, 15) is 9.59 Å². The molecule has 1 aromatic heterocycles. The van der Waals surface area contributed by atoms with Crippen LogP contribution in [0.3, 0.4) is 0 Å². The summed E-state index contributed by atoms with van der Waals surface area (Å²) in [6.45, 7) is 2.05. The van der Waals surface area contributed by atoms with Crippen molar-refractivity contribution >= 4 is 34.3 Å². The topological polar surface area (TPSA) is 74.8 Å². The van der Waals surface area contributed by atoms with Gasteiger partial charge in [0.05, 0.1) is 5.56 Å². The highest BCUT2D eigenvalue weighted by molar-refractivity contribution is 7.98. The Balaban J connectivity index is 1.48. The van der Waals surface area contributed by atoms with E-state index in [0.717, 1.165) is 21.9 Å². The van der Waals surface area contributed by atoms with Gasteiger partial charge in [-0.05, 0) is 28.8 Å². The van der Waals surface area contributed by atoms with E-state index >= 15 is 0 Å². The van der Waals surface area contributed by atoms with Gasteiger partial charge in [-0.15, -0.1) is 0 Å². The van der Waals surface area contributed by atoms with Gasteiger partial charge in [0.15, 0.2) is 5.16 Å². The molecule has 1 amide bonds. The van der Waals surface area contributed by atoms with Crippen LogP contribution < -0.4 is 10.9 Å². The van der Waals surface area contributed by atoms with Crippen LogP contribution in [0.1, 0.15) is 34.6 Å². The zero-order chi connectivity index (χ0) is 21.4. The Hall–Kier alpha value is -3.38. The summed E-state index contributed by atoms with van der Waals surface area (Å²) in [4.78, 5) is 33.0. The predicted octanol–water partition coefficient (Wildman–Crippen LogP) is 5.00. The zero-order valence-electron chi connectivity index (χ0n) is 17.0. The van der Waals surface area contributed by atoms with Crippen LogP contribution in [0.25, 0.3) is 10.8 Å². The second kappa shape index (κ2) is 8.04. The second-order valence-electron chi connectivity index (χ2n) is 7.82. The molecule has 0 bridgehead atoms. The van der Waals surface area contributed by atoms with Crippen molar-refractivity contribution < 1.29 is 4.79 Å². The number of nitrogens with zero attached hydrogens (tertiary/aromatic N) is 1. The van der Waals surface area contributed by atoms with Crippen molar-refractivity contribution in [3.8, 4) is 0 Å². The first-order chi connectivity index (χ1) is 15.1. The maximum atomic E-state index is 13.0. The average Bonchev–Trinajstić information content (AvgIpc) is 2.77. The van der Waals surface area contributed by atoms with Gasteiger partial charge in [0.2, 0.25) is 5.91 Å². The van der Waals surface area contributed by atoms with Crippen LogP contribution in [-0.4, -0.2) is 15.9 Å². The molecule has 2 N–H and O–H groups in total. The lowest BCUT2D eigenvalue weighted by atomic mass is 9.86. The number of amides is 1. The minimum Gasteiger partial charge on any atom is -0.310 e. The third-order valence-electron chi connectivity index (χ3n) is 5.60. The summed E-state index contributed by atoms with van der Waals surface area (Å²) in [6.07, 6.45) is 0.228. The molecule has 1 aliphatic heterocycles. The molecule has 0 saturated heterocycles. The lowest BCUT2D eigenvalue weighted by Crippen LogP contribution is -2.31. The Bertz CT molecular complexity index is 1350. The van der Waals surface area contributed by atoms with Crippen molar-refractivity contribution in [3.05, 3.63) is 99.3 Å². The Morgan fingerprint density at radius 1 is 1.00 bits per heavy atom. The molecule has 1 unspecified atom stereocenters. The van der Waals surface area contributed by atoms with Crippen molar-refractivity contribution in [2.45, 2.75) is 30.2 Å². The molecule has 5 nitrogen and oxygen atoms in total. The van der Waals surface area contributed by atoms with Crippen LogP contribution in [0.15, 0.2) is 76.7 Å². The van der Waals surface area contributed by atoms with Gasteiger partial charge in [-0.3, -0.25) is 9.59 Å². The second-order valence-corrected chi connectivity index (χ2v) is 8.78. The molecule has 0 radical (unpaired) electrons. The quantitative estimate of drug-likeness (QED) is 0.355. The number of hydrogen-bond donors (Lipinski definition) is 2. The monoisotopic (exact) mass is 427 g/mol. The molecular formula is C25H21N3O2S. The fraction of sp³-hybridized carbons (Fsp3) is 0.160. The molecule has 1 aliphatic rings. The number of aryl methyl sites for hydroxylation is 1. The van der Waals surface area contributed by atoms with E-state index in [4.69, 9.17) is 0 Å². The summed E-state index contributed by atoms with van der Waals surface area (Å²) in [5, 5.41) is 5.52. The maximum Gasteiger partial charge on any atom is 0.257 e. The third kappa shape index (κ3) is 3.99. The summed E-state index contributed by atoms with van der Waals surface area (Å²) >= 11 is 1.45. The molecule has 0 fully saturated rings. The fourth-order valence-corrected chi connectivity index (χ4v) is 4.78. The van der Waals surface area contributed by atoms with E-state index in [-0.39, 0.29) is 23.8 Å². The summed E-state index contributed by atoms with van der Waals surface area (Å²) in [5.74, 6) is 0.605. The smallest absolute Gasteiger partial charge is 0.257 e. The predicted molar refractivity (Wildman–Crippen MR) is 125 cm³/mol. The SMILES string of the molecule is Cc1ccc(CSc2nc3c(c(=O)[nH]2)C(c2ccc4ccccc4c2)CC(=O)N3)cc1. The van der Waals surface area contributed by atoms with E-state index in [1.807, 2.05) is 43.3 Å². The van der Waals surface area contributed by atoms with E-state index in [0.29, 0.717) is 22.3 Å². The molecule has 3 aromatic carbocycles. The standard InChI is InChI=1S/C25H21N3O2S/c1-15-6-8-16(9-7-15)14-31-25-27-23-22(24(30)28-25)20(13-21(29)26-23)19-11-10-17-4-2-3-5-18(17)12-19/h2-12,20H,13-14H2,1H3,(H2,26,27,28,29,30). The van der Waals surface area contributed by atoms with Crippen molar-refractivity contribution in [2.75, 3.05) is 5.32 Å². The highest BCUT2D eigenvalue weighted by Crippen LogP contribution is 2.35. The Labute approximate surface area is 183 Å². The highest BCUT2D eigenvalue weighted by atomic mass is 32.2. The average molecular weight is 428 g/mol. The van der Waals surface area contributed by atoms with Crippen molar-refractivity contribution in [3.63, 3.8) is 0 Å². The number of nitrogens with one attached hydrogen (secondary N) is 2. The molecule has 0 saturated carbocycles. The summed E-state index contributed by atoms with van der Waals surface area (Å²) in [6, 6.07) is 22.4. The Kier molecular flexibility index (Phi) is 5.08. The van der Waals surface area contributed by atoms with Crippen molar-refractivity contribution in [1.82, 2.24) is 9.97 Å². The van der Waals surface area contributed by atoms with Gasteiger partial charge in [-0.1, -0.05) is 84.1 Å². The zero-order valence-corrected chi connectivity index (χ0v) is 17.8. The maximum absolute atomic E-state index is 13.0. The molecule has 1 atom stereocenters. The van der Waals surface area contributed by atoms with Crippen LogP contribution in [0, 0.1) is 6.92 Å². The molecule has 31 heavy (non-hydrogen) atoms. The lowest BCUT2D eigenvalue weighted by molar-refractivity contribution is -0.116. The highest BCUT2D eigenvalue weighted by Gasteiger charge is 2.31. The van der Waals surface area contributed by atoms with Crippen molar-refractivity contribution in [2.24, 2.45) is 0 Å². The molecule has 2 heterocycles. The first-order valence-electron chi connectivity index (χ1n) is 10.2. The van der Waals surface area contributed by atoms with Crippen LogP contribution >= 0.6 is 11.8 Å². The number of carbonyl (C=O) groups is 1. The molecule has 5 rings (SSSR count). The normalized spacial score (nSPS) is 15.5. The van der Waals surface area contributed by atoms with E-state index in [1.165, 1.54) is 17.3 Å². The minimum atomic E-state index is -0.319. The molecule has 6 heteroatoms. The number of benzene rings is 3. The number of aromatic nitrogens is 2. The van der Waals surface area contributed by atoms with Crippen molar-refractivity contribution in [1.29, 1.82) is 0 Å². The lowest BCUT2D eigenvalue weighted by Gasteiger charge is -2.24. The van der Waals surface area contributed by atoms with Gasteiger partial charge < -0.3 is 10.3 Å². The third-order valence-corrected chi connectivity index (χ3v) is 6.55. The van der Waals surface area contributed by atoms with E-state index in [1.54, 1.807) is 0 Å². The minimum absolute atomic E-state index is 0.127. The first-order valence-corrected chi connectivity index (χ1v) is 11.2. The number of aromatic amines is 1. The van der Waals surface area contributed by atoms with Gasteiger partial charge in [0, 0.05) is 18.1 Å². The van der Waals surface area contributed by atoms with E-state index < -0.39 is 0 Å². The van der Waals surface area contributed by atoms with Crippen LogP contribution in [0.4, 0.5) is 5.82 Å². The van der Waals surface area contributed by atoms with Gasteiger partial charge in [-0.2, -0.15) is 0 Å². The number of anilines is 1. The van der Waals surface area contributed by atoms with Crippen LogP contribution in [-0.2, 0) is 10.5 Å². The largest absolute Gasteiger partial charge is 0.310 e.